The van der Waals surface area contributed by atoms with Gasteiger partial charge in [0, 0.05) is 29.3 Å². The van der Waals surface area contributed by atoms with Crippen molar-refractivity contribution in [3.05, 3.63) is 76.9 Å². The molecule has 0 aliphatic rings. The average Bonchev–Trinajstić information content (AvgIpc) is 3.20. The molecule has 7 heteroatoms. The third-order valence-corrected chi connectivity index (χ3v) is 3.50. The average molecular weight is 304 g/mol. The van der Waals surface area contributed by atoms with E-state index >= 15 is 0 Å². The Hall–Kier alpha value is -2.44. The van der Waals surface area contributed by atoms with E-state index in [9.17, 15) is 17.6 Å². The van der Waals surface area contributed by atoms with Crippen LogP contribution in [0.4, 0.5) is 17.6 Å². The Morgan fingerprint density at radius 2 is 1.27 bits per heavy atom. The number of H-pyrrole nitrogens is 2. The Kier molecular flexibility index (Phi) is 3.56. The van der Waals surface area contributed by atoms with Crippen LogP contribution in [0.3, 0.4) is 0 Å². The number of aromatic amines is 2. The number of halogens is 4. The summed E-state index contributed by atoms with van der Waals surface area (Å²) in [5, 5.41) is 0. The van der Waals surface area contributed by atoms with Crippen LogP contribution in [0.2, 0.25) is 0 Å². The number of rotatable bonds is 3. The smallest absolute Gasteiger partial charge is 0.197 e. The summed E-state index contributed by atoms with van der Waals surface area (Å²) in [5.74, 6) is -7.84. The standard InChI is InChI=1S/C15H9BF4N2/c16-11-10(12(17)14(19)15(20)13(11)18)9(7-3-1-5-21-7)8-4-2-6-22-8/h1-6,9,21-22H. The number of nitrogens with one attached hydrogen (secondary N) is 2. The largest absolute Gasteiger partial charge is 0.364 e. The molecule has 0 atom stereocenters. The monoisotopic (exact) mass is 304 g/mol. The summed E-state index contributed by atoms with van der Waals surface area (Å²) < 4.78 is 54.9. The first-order chi connectivity index (χ1) is 10.5. The normalized spacial score (nSPS) is 11.3. The predicted molar refractivity (Wildman–Crippen MR) is 74.2 cm³/mol. The Morgan fingerprint density at radius 3 is 1.73 bits per heavy atom. The van der Waals surface area contributed by atoms with E-state index < -0.39 is 40.2 Å². The number of hydrogen-bond acceptors (Lipinski definition) is 0. The highest BCUT2D eigenvalue weighted by Gasteiger charge is 2.30. The van der Waals surface area contributed by atoms with Crippen molar-refractivity contribution in [1.82, 2.24) is 9.97 Å². The van der Waals surface area contributed by atoms with Crippen molar-refractivity contribution in [2.24, 2.45) is 0 Å². The summed E-state index contributed by atoms with van der Waals surface area (Å²) in [4.78, 5) is 5.70. The second kappa shape index (κ2) is 5.40. The van der Waals surface area contributed by atoms with Gasteiger partial charge in [-0.1, -0.05) is 5.46 Å². The van der Waals surface area contributed by atoms with Gasteiger partial charge in [-0.2, -0.15) is 0 Å². The van der Waals surface area contributed by atoms with Gasteiger partial charge in [-0.3, -0.25) is 0 Å². The highest BCUT2D eigenvalue weighted by Crippen LogP contribution is 2.32. The Labute approximate surface area is 124 Å². The van der Waals surface area contributed by atoms with Crippen molar-refractivity contribution < 1.29 is 17.6 Å². The first-order valence-electron chi connectivity index (χ1n) is 6.40. The highest BCUT2D eigenvalue weighted by molar-refractivity contribution is 6.33. The van der Waals surface area contributed by atoms with Crippen LogP contribution in [0.25, 0.3) is 0 Å². The topological polar surface area (TPSA) is 31.6 Å². The van der Waals surface area contributed by atoms with Crippen LogP contribution >= 0.6 is 0 Å². The fourth-order valence-corrected chi connectivity index (χ4v) is 2.47. The van der Waals surface area contributed by atoms with Crippen molar-refractivity contribution in [3.63, 3.8) is 0 Å². The summed E-state index contributed by atoms with van der Waals surface area (Å²) >= 11 is 0. The second-order valence-corrected chi connectivity index (χ2v) is 4.77. The molecular formula is C15H9BF4N2. The van der Waals surface area contributed by atoms with Gasteiger partial charge in [-0.25, -0.2) is 17.6 Å². The van der Waals surface area contributed by atoms with E-state index in [0.29, 0.717) is 11.4 Å². The predicted octanol–water partition coefficient (Wildman–Crippen LogP) is 2.87. The molecule has 0 spiro atoms. The maximum absolute atomic E-state index is 14.2. The zero-order valence-corrected chi connectivity index (χ0v) is 11.1. The molecule has 0 aliphatic carbocycles. The Balaban J connectivity index is 2.31. The van der Waals surface area contributed by atoms with Crippen LogP contribution < -0.4 is 5.46 Å². The highest BCUT2D eigenvalue weighted by atomic mass is 19.2. The number of aromatic nitrogens is 2. The first-order valence-corrected chi connectivity index (χ1v) is 6.40. The molecular weight excluding hydrogens is 295 g/mol. The quantitative estimate of drug-likeness (QED) is 0.323. The molecule has 110 valence electrons. The van der Waals surface area contributed by atoms with Crippen LogP contribution in [0, 0.1) is 23.3 Å². The lowest BCUT2D eigenvalue weighted by molar-refractivity contribution is 0.407. The van der Waals surface area contributed by atoms with E-state index in [2.05, 4.69) is 9.97 Å². The molecule has 2 N–H and O–H groups in total. The molecule has 0 aliphatic heterocycles. The molecule has 0 unspecified atom stereocenters. The molecule has 0 amide bonds. The SMILES string of the molecule is [B]c1c(F)c(F)c(F)c(F)c1C(c1ccc[nH]1)c1ccc[nH]1. The van der Waals surface area contributed by atoms with Gasteiger partial charge >= 0.3 is 0 Å². The van der Waals surface area contributed by atoms with E-state index in [4.69, 9.17) is 7.85 Å². The lowest BCUT2D eigenvalue weighted by atomic mass is 9.80. The first kappa shape index (κ1) is 14.5. The van der Waals surface area contributed by atoms with E-state index in [1.807, 2.05) is 0 Å². The van der Waals surface area contributed by atoms with Gasteiger partial charge in [0.05, 0.1) is 5.92 Å². The number of benzene rings is 1. The fraction of sp³-hybridized carbons (Fsp3) is 0.0667. The summed E-state index contributed by atoms with van der Waals surface area (Å²) in [6, 6.07) is 6.53. The third-order valence-electron chi connectivity index (χ3n) is 3.50. The van der Waals surface area contributed by atoms with Gasteiger partial charge in [-0.15, -0.1) is 0 Å². The minimum Gasteiger partial charge on any atom is -0.364 e. The van der Waals surface area contributed by atoms with Gasteiger partial charge in [0.1, 0.15) is 7.85 Å². The minimum atomic E-state index is -1.92. The fourth-order valence-electron chi connectivity index (χ4n) is 2.47. The Bertz CT molecular complexity index is 734. The molecule has 0 fully saturated rings. The van der Waals surface area contributed by atoms with Gasteiger partial charge < -0.3 is 9.97 Å². The van der Waals surface area contributed by atoms with Gasteiger partial charge in [0.25, 0.3) is 0 Å². The van der Waals surface area contributed by atoms with Gasteiger partial charge in [0.15, 0.2) is 23.3 Å². The molecule has 2 nitrogen and oxygen atoms in total. The van der Waals surface area contributed by atoms with Crippen LogP contribution in [0.15, 0.2) is 36.7 Å². The molecule has 22 heavy (non-hydrogen) atoms. The maximum atomic E-state index is 14.2. The van der Waals surface area contributed by atoms with Gasteiger partial charge in [0.2, 0.25) is 0 Å². The van der Waals surface area contributed by atoms with E-state index in [-0.39, 0.29) is 0 Å². The molecule has 2 aromatic heterocycles. The van der Waals surface area contributed by atoms with Crippen molar-refractivity contribution in [2.75, 3.05) is 0 Å². The molecule has 2 heterocycles. The van der Waals surface area contributed by atoms with Crippen molar-refractivity contribution in [2.45, 2.75) is 5.92 Å². The molecule has 0 saturated heterocycles. The van der Waals surface area contributed by atoms with E-state index in [1.54, 1.807) is 36.7 Å². The third kappa shape index (κ3) is 2.13. The maximum Gasteiger partial charge on any atom is 0.197 e. The van der Waals surface area contributed by atoms with E-state index in [1.165, 1.54) is 0 Å². The summed E-state index contributed by atoms with van der Waals surface area (Å²) in [7, 11) is 5.52. The number of hydrogen-bond donors (Lipinski definition) is 2. The van der Waals surface area contributed by atoms with Crippen molar-refractivity contribution in [1.29, 1.82) is 0 Å². The van der Waals surface area contributed by atoms with Crippen LogP contribution in [0.5, 0.6) is 0 Å². The summed E-state index contributed by atoms with van der Waals surface area (Å²) in [5.41, 5.74) is -0.302. The zero-order chi connectivity index (χ0) is 15.9. The molecule has 0 saturated carbocycles. The summed E-state index contributed by atoms with van der Waals surface area (Å²) in [6.45, 7) is 0. The lowest BCUT2D eigenvalue weighted by Crippen LogP contribution is -2.25. The molecule has 3 rings (SSSR count). The van der Waals surface area contributed by atoms with Crippen molar-refractivity contribution >= 4 is 13.3 Å². The summed E-state index contributed by atoms with van der Waals surface area (Å²) in [6.07, 6.45) is 3.16. The molecule has 3 aromatic rings. The van der Waals surface area contributed by atoms with Gasteiger partial charge in [-0.05, 0) is 24.3 Å². The van der Waals surface area contributed by atoms with Crippen LogP contribution in [0.1, 0.15) is 22.9 Å². The molecule has 0 bridgehead atoms. The van der Waals surface area contributed by atoms with Crippen molar-refractivity contribution in [3.8, 4) is 0 Å². The molecule has 2 radical (unpaired) electrons. The van der Waals surface area contributed by atoms with Crippen LogP contribution in [-0.4, -0.2) is 17.8 Å². The van der Waals surface area contributed by atoms with Crippen LogP contribution in [-0.2, 0) is 0 Å². The minimum absolute atomic E-state index is 0.457. The zero-order valence-electron chi connectivity index (χ0n) is 11.1. The lowest BCUT2D eigenvalue weighted by Gasteiger charge is -2.20. The second-order valence-electron chi connectivity index (χ2n) is 4.77. The Morgan fingerprint density at radius 1 is 0.773 bits per heavy atom. The van der Waals surface area contributed by atoms with E-state index in [0.717, 1.165) is 0 Å². The molecule has 1 aromatic carbocycles.